The molecule has 0 aromatic carbocycles. The Morgan fingerprint density at radius 2 is 1.12 bits per heavy atom. The van der Waals surface area contributed by atoms with Crippen molar-refractivity contribution in [1.82, 2.24) is 0 Å². The van der Waals surface area contributed by atoms with Crippen LogP contribution >= 0.6 is 7.82 Å². The van der Waals surface area contributed by atoms with Crippen molar-refractivity contribution in [3.8, 4) is 0 Å². The summed E-state index contributed by atoms with van der Waals surface area (Å²) in [6.45, 7) is 3.41. The van der Waals surface area contributed by atoms with Crippen LogP contribution < -0.4 is 5.73 Å². The number of nitrogens with two attached hydrogens (primary N) is 1. The molecule has 0 aliphatic carbocycles. The number of phosphoric acid groups is 1. The number of hydrogen-bond acceptors (Lipinski definition) is 9. The Morgan fingerprint density at radius 1 is 0.625 bits per heavy atom. The monoisotopic (exact) mass is 804 g/mol. The van der Waals surface area contributed by atoms with Gasteiger partial charge in [-0.15, -0.1) is 0 Å². The van der Waals surface area contributed by atoms with Gasteiger partial charge in [-0.25, -0.2) is 4.57 Å². The van der Waals surface area contributed by atoms with E-state index in [0.29, 0.717) is 32.1 Å². The quantitative estimate of drug-likeness (QED) is 0.0182. The minimum absolute atomic E-state index is 0.0184. The second kappa shape index (κ2) is 40.1. The lowest BCUT2D eigenvalue weighted by atomic mass is 10.2. The van der Waals surface area contributed by atoms with Gasteiger partial charge >= 0.3 is 19.8 Å². The first-order valence-electron chi connectivity index (χ1n) is 20.8. The number of esters is 2. The molecule has 4 N–H and O–H groups in total. The fourth-order valence-corrected chi connectivity index (χ4v) is 5.64. The summed E-state index contributed by atoms with van der Waals surface area (Å²) in [5, 5.41) is 10.1. The number of aliphatic hydroxyl groups is 1. The molecule has 0 aromatic rings. The topological polar surface area (TPSA) is 155 Å². The summed E-state index contributed by atoms with van der Waals surface area (Å²) in [4.78, 5) is 34.8. The van der Waals surface area contributed by atoms with E-state index in [2.05, 4.69) is 74.6 Å². The number of ether oxygens (including phenoxy) is 2. The molecule has 0 saturated heterocycles. The second-order valence-corrected chi connectivity index (χ2v) is 14.8. The van der Waals surface area contributed by atoms with E-state index >= 15 is 0 Å². The molecule has 0 aliphatic rings. The summed E-state index contributed by atoms with van der Waals surface area (Å²) >= 11 is 0. The van der Waals surface area contributed by atoms with Gasteiger partial charge in [0, 0.05) is 19.4 Å². The lowest BCUT2D eigenvalue weighted by Crippen LogP contribution is -2.29. The Balaban J connectivity index is 4.49. The van der Waals surface area contributed by atoms with Crippen LogP contribution in [0.1, 0.15) is 136 Å². The molecule has 0 rings (SSSR count). The van der Waals surface area contributed by atoms with E-state index in [4.69, 9.17) is 24.3 Å². The fraction of sp³-hybridized carbons (Fsp3) is 0.600. The Kier molecular flexibility index (Phi) is 37.9. The van der Waals surface area contributed by atoms with Gasteiger partial charge in [-0.05, 0) is 83.5 Å². The number of aliphatic hydroxyl groups excluding tert-OH is 1. The van der Waals surface area contributed by atoms with E-state index in [9.17, 15) is 24.2 Å². The molecule has 0 fully saturated rings. The molecule has 2 unspecified atom stereocenters. The van der Waals surface area contributed by atoms with E-state index in [1.807, 2.05) is 24.3 Å². The van der Waals surface area contributed by atoms with Gasteiger partial charge in [0.25, 0.3) is 0 Å². The molecule has 56 heavy (non-hydrogen) atoms. The third-order valence-corrected chi connectivity index (χ3v) is 9.01. The first kappa shape index (κ1) is 52.9. The van der Waals surface area contributed by atoms with Crippen LogP contribution in [-0.2, 0) is 32.7 Å². The van der Waals surface area contributed by atoms with Crippen LogP contribution in [-0.4, -0.2) is 60.5 Å². The average molecular weight is 804 g/mol. The zero-order chi connectivity index (χ0) is 41.2. The predicted molar refractivity (Wildman–Crippen MR) is 230 cm³/mol. The average Bonchev–Trinajstić information content (AvgIpc) is 3.18. The van der Waals surface area contributed by atoms with Gasteiger partial charge in [0.2, 0.25) is 0 Å². The maximum absolute atomic E-state index is 12.5. The van der Waals surface area contributed by atoms with Crippen molar-refractivity contribution in [3.63, 3.8) is 0 Å². The normalized spacial score (nSPS) is 14.9. The highest BCUT2D eigenvalue weighted by Gasteiger charge is 2.25. The minimum Gasteiger partial charge on any atom is -0.462 e. The van der Waals surface area contributed by atoms with Gasteiger partial charge in [0.1, 0.15) is 6.61 Å². The Labute approximate surface area is 339 Å². The van der Waals surface area contributed by atoms with Gasteiger partial charge in [-0.1, -0.05) is 137 Å². The molecule has 318 valence electrons. The molecule has 0 amide bonds. The number of carbonyl (C=O) groups excluding carboxylic acids is 2. The first-order valence-corrected chi connectivity index (χ1v) is 22.3. The maximum atomic E-state index is 12.5. The van der Waals surface area contributed by atoms with Crippen molar-refractivity contribution in [3.05, 3.63) is 97.2 Å². The Morgan fingerprint density at radius 3 is 1.68 bits per heavy atom. The van der Waals surface area contributed by atoms with Crippen molar-refractivity contribution in [1.29, 1.82) is 0 Å². The van der Waals surface area contributed by atoms with E-state index in [1.165, 1.54) is 38.5 Å². The molecule has 10 nitrogen and oxygen atoms in total. The van der Waals surface area contributed by atoms with Gasteiger partial charge in [0.05, 0.1) is 19.3 Å². The van der Waals surface area contributed by atoms with Gasteiger partial charge in [0.15, 0.2) is 6.10 Å². The smallest absolute Gasteiger partial charge is 0.462 e. The van der Waals surface area contributed by atoms with Crippen molar-refractivity contribution in [2.75, 3.05) is 26.4 Å². The molecule has 0 radical (unpaired) electrons. The van der Waals surface area contributed by atoms with Gasteiger partial charge < -0.3 is 25.2 Å². The van der Waals surface area contributed by atoms with Crippen LogP contribution in [0.4, 0.5) is 0 Å². The highest BCUT2D eigenvalue weighted by atomic mass is 31.2. The zero-order valence-corrected chi connectivity index (χ0v) is 35.3. The summed E-state index contributed by atoms with van der Waals surface area (Å²) in [6, 6.07) is 0. The molecule has 0 bridgehead atoms. The fourth-order valence-electron chi connectivity index (χ4n) is 4.87. The molecule has 0 spiro atoms. The standard InChI is InChI=1S/C45H74NO9P/c1-3-5-7-9-11-13-14-15-16-17-18-19-20-22-24-28-32-36-44(48)52-40-43(41-54-56(50,51)53-39-38-46)55-45(49)37-33-29-25-27-31-35-42(47)34-30-26-23-21-12-10-8-6-4-2/h11-13,15-16,18-19,21-22,24-27,30-31,35,42-43,47H,3-10,14,17,20,23,28-29,32-34,36-41,46H2,1-2H3,(H,50,51)/b13-11-,16-15-,19-18-,21-12-,24-22-,27-25+,30-26-,35-31-/t42?,43-/m1/s1. The molecule has 11 heteroatoms. The molecule has 0 heterocycles. The first-order chi connectivity index (χ1) is 27.2. The molecule has 0 aliphatic heterocycles. The third-order valence-electron chi connectivity index (χ3n) is 8.02. The summed E-state index contributed by atoms with van der Waals surface area (Å²) in [5.41, 5.74) is 5.33. The Bertz CT molecular complexity index is 1250. The zero-order valence-electron chi connectivity index (χ0n) is 34.4. The van der Waals surface area contributed by atoms with Gasteiger partial charge in [-0.2, -0.15) is 0 Å². The molecular formula is C45H74NO9P. The number of allylic oxidation sites excluding steroid dienone is 14. The number of phosphoric ester groups is 1. The van der Waals surface area contributed by atoms with E-state index < -0.39 is 38.6 Å². The van der Waals surface area contributed by atoms with Crippen LogP contribution in [0.5, 0.6) is 0 Å². The van der Waals surface area contributed by atoms with Crippen LogP contribution in [0.15, 0.2) is 97.2 Å². The molecule has 0 saturated carbocycles. The summed E-state index contributed by atoms with van der Waals surface area (Å²) < 4.78 is 32.5. The van der Waals surface area contributed by atoms with Crippen molar-refractivity contribution in [2.24, 2.45) is 5.73 Å². The largest absolute Gasteiger partial charge is 0.472 e. The van der Waals surface area contributed by atoms with E-state index in [1.54, 1.807) is 12.2 Å². The molecule has 3 atom stereocenters. The number of rotatable bonds is 37. The van der Waals surface area contributed by atoms with Crippen molar-refractivity contribution < 1.29 is 42.7 Å². The summed E-state index contributed by atoms with van der Waals surface area (Å²) in [7, 11) is -4.43. The summed E-state index contributed by atoms with van der Waals surface area (Å²) in [5.74, 6) is -1.04. The highest BCUT2D eigenvalue weighted by Crippen LogP contribution is 2.43. The predicted octanol–water partition coefficient (Wildman–Crippen LogP) is 10.8. The SMILES string of the molecule is CCCCC/C=C\C/C=C\C/C=C\C/C=C\CCCC(=O)OC[C@H](COP(=O)(O)OCCN)OC(=O)CCC/C=C/C=C\C(O)C/C=C\C/C=C\CCCCC. The highest BCUT2D eigenvalue weighted by molar-refractivity contribution is 7.47. The van der Waals surface area contributed by atoms with Crippen LogP contribution in [0, 0.1) is 0 Å². The van der Waals surface area contributed by atoms with Crippen molar-refractivity contribution in [2.45, 2.75) is 148 Å². The molecule has 0 aromatic heterocycles. The van der Waals surface area contributed by atoms with E-state index in [-0.39, 0.29) is 32.6 Å². The minimum atomic E-state index is -4.43. The van der Waals surface area contributed by atoms with Crippen LogP contribution in [0.25, 0.3) is 0 Å². The second-order valence-electron chi connectivity index (χ2n) is 13.3. The number of unbranched alkanes of at least 4 members (excludes halogenated alkanes) is 8. The molecular weight excluding hydrogens is 729 g/mol. The third kappa shape index (κ3) is 39.1. The van der Waals surface area contributed by atoms with Crippen LogP contribution in [0.2, 0.25) is 0 Å². The van der Waals surface area contributed by atoms with E-state index in [0.717, 1.165) is 38.5 Å². The maximum Gasteiger partial charge on any atom is 0.472 e. The lowest BCUT2D eigenvalue weighted by molar-refractivity contribution is -0.161. The van der Waals surface area contributed by atoms with Crippen molar-refractivity contribution >= 4 is 19.8 Å². The number of carbonyl (C=O) groups is 2. The number of hydrogen-bond donors (Lipinski definition) is 3. The van der Waals surface area contributed by atoms with Gasteiger partial charge in [-0.3, -0.25) is 18.6 Å². The van der Waals surface area contributed by atoms with Crippen LogP contribution in [0.3, 0.4) is 0 Å². The lowest BCUT2D eigenvalue weighted by Gasteiger charge is -2.19. The Hall–Kier alpha value is -3.11. The summed E-state index contributed by atoms with van der Waals surface area (Å²) in [6.07, 6.45) is 47.6.